The molecule has 1 aromatic carbocycles. The molecule has 2 aromatic rings. The van der Waals surface area contributed by atoms with Crippen LogP contribution in [0.15, 0.2) is 24.4 Å². The Morgan fingerprint density at radius 3 is 2.86 bits per heavy atom. The van der Waals surface area contributed by atoms with Gasteiger partial charge in [0.15, 0.2) is 12.1 Å². The number of amides is 1. The highest BCUT2D eigenvalue weighted by atomic mass is 16.5. The Morgan fingerprint density at radius 1 is 1.33 bits per heavy atom. The molecule has 0 saturated heterocycles. The number of fused-ring (bicyclic) bond motifs is 2. The zero-order valence-corrected chi connectivity index (χ0v) is 11.0. The van der Waals surface area contributed by atoms with Crippen molar-refractivity contribution in [3.05, 3.63) is 35.5 Å². The Bertz CT molecular complexity index is 758. The number of pyridine rings is 1. The minimum Gasteiger partial charge on any atom is -0.507 e. The predicted octanol–water partition coefficient (Wildman–Crippen LogP) is 1.92. The van der Waals surface area contributed by atoms with Crippen molar-refractivity contribution in [2.24, 2.45) is 0 Å². The van der Waals surface area contributed by atoms with Crippen molar-refractivity contribution >= 4 is 29.4 Å². The fourth-order valence-corrected chi connectivity index (χ4v) is 2.11. The van der Waals surface area contributed by atoms with Crippen LogP contribution in [0.3, 0.4) is 0 Å². The van der Waals surface area contributed by atoms with Gasteiger partial charge in [-0.05, 0) is 12.1 Å². The molecular formula is C14H11N3O4. The zero-order chi connectivity index (χ0) is 15.0. The van der Waals surface area contributed by atoms with Crippen LogP contribution >= 0.6 is 0 Å². The topological polar surface area (TPSA) is 101 Å². The second-order valence-corrected chi connectivity index (χ2v) is 4.39. The summed E-state index contributed by atoms with van der Waals surface area (Å²) in [4.78, 5) is 27.5. The average molecular weight is 285 g/mol. The highest BCUT2D eigenvalue weighted by Gasteiger charge is 2.24. The van der Waals surface area contributed by atoms with Crippen LogP contribution in [0, 0.1) is 0 Å². The first-order chi connectivity index (χ1) is 10.1. The first kappa shape index (κ1) is 12.9. The van der Waals surface area contributed by atoms with Crippen LogP contribution in [0.5, 0.6) is 11.5 Å². The minimum atomic E-state index is -0.408. The van der Waals surface area contributed by atoms with Crippen LogP contribution in [-0.2, 0) is 0 Å². The first-order valence-electron chi connectivity index (χ1n) is 6.07. The van der Waals surface area contributed by atoms with E-state index in [0.29, 0.717) is 23.5 Å². The molecule has 7 nitrogen and oxygen atoms in total. The Labute approximate surface area is 119 Å². The molecule has 3 rings (SSSR count). The zero-order valence-electron chi connectivity index (χ0n) is 11.0. The number of nitrogens with zero attached hydrogens (tertiary/aromatic N) is 1. The minimum absolute atomic E-state index is 0.00752. The molecule has 0 fully saturated rings. The van der Waals surface area contributed by atoms with E-state index >= 15 is 0 Å². The van der Waals surface area contributed by atoms with Crippen molar-refractivity contribution in [1.29, 1.82) is 0 Å². The Morgan fingerprint density at radius 2 is 2.14 bits per heavy atom. The molecule has 0 radical (unpaired) electrons. The normalized spacial score (nSPS) is 12.3. The van der Waals surface area contributed by atoms with Crippen molar-refractivity contribution in [2.75, 3.05) is 17.7 Å². The Kier molecular flexibility index (Phi) is 2.94. The third kappa shape index (κ3) is 2.04. The van der Waals surface area contributed by atoms with Crippen LogP contribution < -0.4 is 15.4 Å². The van der Waals surface area contributed by atoms with Gasteiger partial charge < -0.3 is 20.5 Å². The van der Waals surface area contributed by atoms with Gasteiger partial charge in [-0.3, -0.25) is 9.59 Å². The third-order valence-electron chi connectivity index (χ3n) is 3.17. The summed E-state index contributed by atoms with van der Waals surface area (Å²) in [6, 6.07) is 4.34. The number of carbonyl (C=O) groups is 2. The van der Waals surface area contributed by atoms with Gasteiger partial charge in [-0.15, -0.1) is 0 Å². The molecule has 0 spiro atoms. The van der Waals surface area contributed by atoms with E-state index in [1.807, 2.05) is 0 Å². The predicted molar refractivity (Wildman–Crippen MR) is 75.5 cm³/mol. The third-order valence-corrected chi connectivity index (χ3v) is 3.17. The van der Waals surface area contributed by atoms with Gasteiger partial charge in [0, 0.05) is 6.07 Å². The number of anilines is 3. The summed E-state index contributed by atoms with van der Waals surface area (Å²) in [5, 5.41) is 15.3. The number of phenols is 1. The van der Waals surface area contributed by atoms with E-state index in [9.17, 15) is 14.7 Å². The van der Waals surface area contributed by atoms with Crippen LogP contribution in [0.2, 0.25) is 0 Å². The second kappa shape index (κ2) is 4.78. The fourth-order valence-electron chi connectivity index (χ4n) is 2.11. The number of ether oxygens (including phenoxy) is 1. The molecule has 1 aliphatic rings. The number of hydrogen-bond donors (Lipinski definition) is 3. The van der Waals surface area contributed by atoms with Crippen LogP contribution in [0.25, 0.3) is 0 Å². The van der Waals surface area contributed by atoms with E-state index in [4.69, 9.17) is 4.74 Å². The molecule has 3 N–H and O–H groups in total. The van der Waals surface area contributed by atoms with Crippen LogP contribution in [0.4, 0.5) is 17.2 Å². The molecule has 0 aliphatic carbocycles. The van der Waals surface area contributed by atoms with Gasteiger partial charge in [-0.25, -0.2) is 4.98 Å². The van der Waals surface area contributed by atoms with E-state index in [1.54, 1.807) is 6.07 Å². The summed E-state index contributed by atoms with van der Waals surface area (Å²) in [7, 11) is 1.49. The van der Waals surface area contributed by atoms with E-state index in [-0.39, 0.29) is 22.6 Å². The summed E-state index contributed by atoms with van der Waals surface area (Å²) in [6.45, 7) is 0. The molecule has 21 heavy (non-hydrogen) atoms. The van der Waals surface area contributed by atoms with E-state index < -0.39 is 5.91 Å². The van der Waals surface area contributed by atoms with E-state index in [1.165, 1.54) is 25.4 Å². The van der Waals surface area contributed by atoms with Crippen LogP contribution in [0.1, 0.15) is 20.7 Å². The molecule has 7 heteroatoms. The lowest BCUT2D eigenvalue weighted by atomic mass is 10.1. The standard InChI is InChI=1S/C14H11N3O4/c1-21-7-4-10-13(15-5-7)17-12-8(14(20)16-10)2-3-11(19)9(12)6-18/h2-6,19H,1H3,(H,15,17)(H,16,20). The molecule has 0 unspecified atom stereocenters. The monoisotopic (exact) mass is 285 g/mol. The summed E-state index contributed by atoms with van der Waals surface area (Å²) in [5.41, 5.74) is 0.894. The maximum absolute atomic E-state index is 12.2. The van der Waals surface area contributed by atoms with Gasteiger partial charge in [0.1, 0.15) is 11.5 Å². The number of phenolic OH excluding ortho intramolecular Hbond substituents is 1. The SMILES string of the molecule is COc1cnc2c(c1)NC(=O)c1ccc(O)c(C=O)c1N2. The molecule has 2 heterocycles. The van der Waals surface area contributed by atoms with Crippen molar-refractivity contribution in [3.63, 3.8) is 0 Å². The van der Waals surface area contributed by atoms with Crippen molar-refractivity contribution in [1.82, 2.24) is 4.98 Å². The van der Waals surface area contributed by atoms with Crippen molar-refractivity contribution < 1.29 is 19.4 Å². The van der Waals surface area contributed by atoms with Gasteiger partial charge >= 0.3 is 0 Å². The number of hydrogen-bond acceptors (Lipinski definition) is 6. The molecule has 106 valence electrons. The van der Waals surface area contributed by atoms with Crippen molar-refractivity contribution in [2.45, 2.75) is 0 Å². The number of nitrogens with one attached hydrogen (secondary N) is 2. The van der Waals surface area contributed by atoms with Crippen LogP contribution in [-0.4, -0.2) is 29.4 Å². The summed E-state index contributed by atoms with van der Waals surface area (Å²) in [6.07, 6.45) is 1.97. The van der Waals surface area contributed by atoms with Crippen molar-refractivity contribution in [3.8, 4) is 11.5 Å². The molecule has 1 aliphatic heterocycles. The molecule has 0 atom stereocenters. The van der Waals surface area contributed by atoms with Gasteiger partial charge in [-0.1, -0.05) is 0 Å². The van der Waals surface area contributed by atoms with Gasteiger partial charge in [0.2, 0.25) is 0 Å². The molecule has 0 saturated carbocycles. The lowest BCUT2D eigenvalue weighted by Crippen LogP contribution is -2.11. The molecule has 1 amide bonds. The summed E-state index contributed by atoms with van der Waals surface area (Å²) < 4.78 is 5.06. The lowest BCUT2D eigenvalue weighted by Gasteiger charge is -2.11. The number of aldehydes is 1. The number of rotatable bonds is 2. The Balaban J connectivity index is 2.20. The lowest BCUT2D eigenvalue weighted by molar-refractivity contribution is 0.102. The fraction of sp³-hybridized carbons (Fsp3) is 0.0714. The van der Waals surface area contributed by atoms with Gasteiger partial charge in [-0.2, -0.15) is 0 Å². The number of carbonyl (C=O) groups excluding carboxylic acids is 2. The van der Waals surface area contributed by atoms with Gasteiger partial charge in [0.05, 0.1) is 35.8 Å². The number of methoxy groups -OCH3 is 1. The summed E-state index contributed by atoms with van der Waals surface area (Å²) >= 11 is 0. The second-order valence-electron chi connectivity index (χ2n) is 4.39. The maximum Gasteiger partial charge on any atom is 0.257 e. The number of benzene rings is 1. The highest BCUT2D eigenvalue weighted by Crippen LogP contribution is 2.36. The quantitative estimate of drug-likeness (QED) is 0.729. The largest absolute Gasteiger partial charge is 0.507 e. The average Bonchev–Trinajstić information content (AvgIpc) is 2.62. The van der Waals surface area contributed by atoms with E-state index in [0.717, 1.165) is 0 Å². The molecule has 1 aromatic heterocycles. The molecule has 0 bridgehead atoms. The highest BCUT2D eigenvalue weighted by molar-refractivity contribution is 6.14. The smallest absolute Gasteiger partial charge is 0.257 e. The number of aromatic hydroxyl groups is 1. The summed E-state index contributed by atoms with van der Waals surface area (Å²) in [5.74, 6) is 0.229. The first-order valence-corrected chi connectivity index (χ1v) is 6.07. The maximum atomic E-state index is 12.2. The van der Waals surface area contributed by atoms with E-state index in [2.05, 4.69) is 15.6 Å². The molecular weight excluding hydrogens is 274 g/mol. The number of aromatic nitrogens is 1. The van der Waals surface area contributed by atoms with Gasteiger partial charge in [0.25, 0.3) is 5.91 Å². The Hall–Kier alpha value is -3.09.